The van der Waals surface area contributed by atoms with Gasteiger partial charge >= 0.3 is 0 Å². The Kier molecular flexibility index (Phi) is 3.73. The number of carbonyl (C=O) groups is 1. The molecule has 2 N–H and O–H groups in total. The van der Waals surface area contributed by atoms with Crippen molar-refractivity contribution in [2.45, 2.75) is 85.4 Å². The smallest absolute Gasteiger partial charge is 0.237 e. The second-order valence-electron chi connectivity index (χ2n) is 8.98. The Morgan fingerprint density at radius 2 is 1.85 bits per heavy atom. The van der Waals surface area contributed by atoms with Gasteiger partial charge in [-0.2, -0.15) is 0 Å². The van der Waals surface area contributed by atoms with Crippen molar-refractivity contribution >= 4 is 5.91 Å². The highest BCUT2D eigenvalue weighted by atomic mass is 16.2. The fourth-order valence-electron chi connectivity index (χ4n) is 4.52. The summed E-state index contributed by atoms with van der Waals surface area (Å²) in [7, 11) is 0. The van der Waals surface area contributed by atoms with Crippen molar-refractivity contribution in [3.05, 3.63) is 0 Å². The van der Waals surface area contributed by atoms with Crippen LogP contribution in [-0.2, 0) is 4.79 Å². The zero-order valence-corrected chi connectivity index (χ0v) is 14.3. The minimum Gasteiger partial charge on any atom is -0.350 e. The van der Waals surface area contributed by atoms with E-state index >= 15 is 0 Å². The minimum absolute atomic E-state index is 0.111. The van der Waals surface area contributed by atoms with Gasteiger partial charge in [-0.05, 0) is 63.7 Å². The summed E-state index contributed by atoms with van der Waals surface area (Å²) in [6.07, 6.45) is 3.96. The molecule has 2 fully saturated rings. The Bertz CT molecular complexity index is 392. The fourth-order valence-corrected chi connectivity index (χ4v) is 4.52. The predicted molar refractivity (Wildman–Crippen MR) is 83.5 cm³/mol. The first kappa shape index (κ1) is 15.8. The number of fused-ring (bicyclic) bond motifs is 2. The van der Waals surface area contributed by atoms with Gasteiger partial charge in [0, 0.05) is 11.6 Å². The van der Waals surface area contributed by atoms with E-state index in [4.69, 9.17) is 0 Å². The van der Waals surface area contributed by atoms with Crippen molar-refractivity contribution in [1.29, 1.82) is 0 Å². The maximum absolute atomic E-state index is 12.3. The number of hydrogen-bond acceptors (Lipinski definition) is 2. The quantitative estimate of drug-likeness (QED) is 0.834. The van der Waals surface area contributed by atoms with Crippen molar-refractivity contribution in [3.8, 4) is 0 Å². The third-order valence-corrected chi connectivity index (χ3v) is 5.58. The maximum Gasteiger partial charge on any atom is 0.237 e. The first-order valence-corrected chi connectivity index (χ1v) is 8.04. The number of amides is 1. The summed E-state index contributed by atoms with van der Waals surface area (Å²) in [5.74, 6) is 0.919. The van der Waals surface area contributed by atoms with Crippen LogP contribution in [0.5, 0.6) is 0 Å². The molecule has 0 aromatic carbocycles. The largest absolute Gasteiger partial charge is 0.350 e. The molecule has 0 spiro atoms. The van der Waals surface area contributed by atoms with E-state index in [0.717, 1.165) is 5.92 Å². The van der Waals surface area contributed by atoms with Crippen LogP contribution in [0.2, 0.25) is 0 Å². The molecule has 2 aliphatic carbocycles. The van der Waals surface area contributed by atoms with E-state index in [1.807, 2.05) is 27.7 Å². The maximum atomic E-state index is 12.3. The van der Waals surface area contributed by atoms with Gasteiger partial charge in [0.1, 0.15) is 0 Å². The molecule has 0 aromatic heterocycles. The molecule has 4 atom stereocenters. The lowest BCUT2D eigenvalue weighted by molar-refractivity contribution is -0.124. The Balaban J connectivity index is 2.04. The van der Waals surface area contributed by atoms with Gasteiger partial charge in [-0.25, -0.2) is 0 Å². The summed E-state index contributed by atoms with van der Waals surface area (Å²) in [5.41, 5.74) is 0.495. The fraction of sp³-hybridized carbons (Fsp3) is 0.941. The van der Waals surface area contributed by atoms with E-state index in [1.54, 1.807) is 0 Å². The Morgan fingerprint density at radius 3 is 2.30 bits per heavy atom. The molecule has 2 bridgehead atoms. The van der Waals surface area contributed by atoms with E-state index in [-0.39, 0.29) is 17.5 Å². The van der Waals surface area contributed by atoms with Crippen LogP contribution in [0.4, 0.5) is 0 Å². The van der Waals surface area contributed by atoms with Gasteiger partial charge in [-0.1, -0.05) is 20.8 Å². The Hall–Kier alpha value is -0.570. The van der Waals surface area contributed by atoms with Crippen LogP contribution < -0.4 is 10.6 Å². The monoisotopic (exact) mass is 280 g/mol. The molecule has 0 radical (unpaired) electrons. The summed E-state index contributed by atoms with van der Waals surface area (Å²) in [6.45, 7) is 15.2. The first-order valence-electron chi connectivity index (χ1n) is 8.04. The van der Waals surface area contributed by atoms with E-state index < -0.39 is 0 Å². The highest BCUT2D eigenvalue weighted by Gasteiger charge is 2.59. The summed E-state index contributed by atoms with van der Waals surface area (Å²) < 4.78 is 0. The lowest BCUT2D eigenvalue weighted by Crippen LogP contribution is -2.58. The zero-order chi connectivity index (χ0) is 15.3. The molecule has 3 heteroatoms. The van der Waals surface area contributed by atoms with Gasteiger partial charge in [0.15, 0.2) is 0 Å². The standard InChI is InChI=1S/C17H32N2O/c1-11(13(20)19-15(2,3)4)18-14-16(5,6)12-8-9-17(14,7)10-12/h11-12,14,18H,8-10H2,1-7H3,(H,19,20). The molecule has 3 nitrogen and oxygen atoms in total. The van der Waals surface area contributed by atoms with Crippen LogP contribution in [0.1, 0.15) is 67.7 Å². The van der Waals surface area contributed by atoms with E-state index in [1.165, 1.54) is 19.3 Å². The molecular formula is C17H32N2O. The van der Waals surface area contributed by atoms with Gasteiger partial charge in [0.05, 0.1) is 6.04 Å². The van der Waals surface area contributed by atoms with Gasteiger partial charge in [0.2, 0.25) is 5.91 Å². The normalized spacial score (nSPS) is 37.0. The van der Waals surface area contributed by atoms with E-state index in [0.29, 0.717) is 16.9 Å². The average molecular weight is 280 g/mol. The zero-order valence-electron chi connectivity index (χ0n) is 14.3. The van der Waals surface area contributed by atoms with Crippen LogP contribution in [0.3, 0.4) is 0 Å². The Labute approximate surface area is 124 Å². The van der Waals surface area contributed by atoms with Crippen LogP contribution >= 0.6 is 0 Å². The summed E-state index contributed by atoms with van der Waals surface area (Å²) in [6, 6.07) is 0.309. The second kappa shape index (κ2) is 4.72. The Morgan fingerprint density at radius 1 is 1.25 bits per heavy atom. The summed E-state index contributed by atoms with van der Waals surface area (Å²) >= 11 is 0. The van der Waals surface area contributed by atoms with Gasteiger partial charge < -0.3 is 10.6 Å². The number of hydrogen-bond donors (Lipinski definition) is 2. The van der Waals surface area contributed by atoms with Crippen LogP contribution in [-0.4, -0.2) is 23.5 Å². The molecule has 0 aromatic rings. The molecule has 2 rings (SSSR count). The molecule has 0 heterocycles. The topological polar surface area (TPSA) is 41.1 Å². The van der Waals surface area contributed by atoms with Gasteiger partial charge in [0.25, 0.3) is 0 Å². The van der Waals surface area contributed by atoms with Crippen molar-refractivity contribution in [2.75, 3.05) is 0 Å². The van der Waals surface area contributed by atoms with E-state index in [9.17, 15) is 4.79 Å². The first-order chi connectivity index (χ1) is 8.96. The molecule has 2 aliphatic rings. The molecule has 0 aliphatic heterocycles. The predicted octanol–water partition coefficient (Wildman–Crippen LogP) is 3.09. The SMILES string of the molecule is CC(NC1C2(C)CCC(C2)C1(C)C)C(=O)NC(C)(C)C. The molecule has 2 saturated carbocycles. The molecule has 1 amide bonds. The third-order valence-electron chi connectivity index (χ3n) is 5.58. The molecule has 4 unspecified atom stereocenters. The number of carbonyl (C=O) groups excluding carboxylic acids is 1. The number of rotatable bonds is 3. The van der Waals surface area contributed by atoms with Gasteiger partial charge in [-0.15, -0.1) is 0 Å². The lowest BCUT2D eigenvalue weighted by atomic mass is 9.68. The molecule has 116 valence electrons. The summed E-state index contributed by atoms with van der Waals surface area (Å²) in [5, 5.41) is 6.73. The van der Waals surface area contributed by atoms with E-state index in [2.05, 4.69) is 31.4 Å². The minimum atomic E-state index is -0.166. The van der Waals surface area contributed by atoms with Crippen LogP contribution in [0.15, 0.2) is 0 Å². The number of nitrogens with one attached hydrogen (secondary N) is 2. The molecular weight excluding hydrogens is 248 g/mol. The molecule has 0 saturated heterocycles. The van der Waals surface area contributed by atoms with Gasteiger partial charge in [-0.3, -0.25) is 4.79 Å². The van der Waals surface area contributed by atoms with Crippen molar-refractivity contribution in [3.63, 3.8) is 0 Å². The average Bonchev–Trinajstić information content (AvgIpc) is 2.73. The lowest BCUT2D eigenvalue weighted by Gasteiger charge is -2.44. The van der Waals surface area contributed by atoms with Crippen molar-refractivity contribution < 1.29 is 4.79 Å². The highest BCUT2D eigenvalue weighted by molar-refractivity contribution is 5.82. The van der Waals surface area contributed by atoms with Crippen molar-refractivity contribution in [1.82, 2.24) is 10.6 Å². The third kappa shape index (κ3) is 2.74. The highest BCUT2D eigenvalue weighted by Crippen LogP contribution is 2.62. The summed E-state index contributed by atoms with van der Waals surface area (Å²) in [4.78, 5) is 12.3. The van der Waals surface area contributed by atoms with Crippen molar-refractivity contribution in [2.24, 2.45) is 16.7 Å². The molecule has 20 heavy (non-hydrogen) atoms. The van der Waals surface area contributed by atoms with Crippen LogP contribution in [0.25, 0.3) is 0 Å². The second-order valence-corrected chi connectivity index (χ2v) is 8.98. The van der Waals surface area contributed by atoms with Crippen LogP contribution in [0, 0.1) is 16.7 Å².